The van der Waals surface area contributed by atoms with Crippen LogP contribution in [0.4, 0.5) is 5.69 Å². The van der Waals surface area contributed by atoms with Crippen molar-refractivity contribution in [2.45, 2.75) is 6.54 Å². The maximum atomic E-state index is 12.3. The van der Waals surface area contributed by atoms with Gasteiger partial charge in [0, 0.05) is 26.3 Å². The van der Waals surface area contributed by atoms with E-state index in [0.717, 1.165) is 16.8 Å². The molecule has 1 N–H and O–H groups in total. The lowest BCUT2D eigenvalue weighted by atomic mass is 10.1. The Morgan fingerprint density at radius 1 is 1.19 bits per heavy atom. The monoisotopic (exact) mass is 349 g/mol. The molecule has 0 unspecified atom stereocenters. The Labute approximate surface area is 152 Å². The summed E-state index contributed by atoms with van der Waals surface area (Å²) in [5.41, 5.74) is 2.77. The molecule has 0 aliphatic carbocycles. The summed E-state index contributed by atoms with van der Waals surface area (Å²) in [7, 11) is 3.91. The zero-order valence-corrected chi connectivity index (χ0v) is 14.7. The number of hydrogen-bond donors (Lipinski definition) is 1. The number of carbonyl (C=O) groups excluding carboxylic acids is 1. The standard InChI is InChI=1S/C20H19N3O3/c1-23(2)17-6-3-14(4-7-17)9-16(11-21)20(24)22-12-15-5-8-18-19(10-15)26-13-25-18/h3-10H,12-13H2,1-2H3,(H,22,24)/b16-9+. The van der Waals surface area contributed by atoms with Gasteiger partial charge in [0.1, 0.15) is 11.6 Å². The fourth-order valence-electron chi connectivity index (χ4n) is 2.51. The van der Waals surface area contributed by atoms with E-state index in [9.17, 15) is 10.1 Å². The van der Waals surface area contributed by atoms with E-state index < -0.39 is 5.91 Å². The molecule has 0 saturated carbocycles. The highest BCUT2D eigenvalue weighted by molar-refractivity contribution is 6.01. The number of nitrogens with one attached hydrogen (secondary N) is 1. The van der Waals surface area contributed by atoms with Crippen molar-refractivity contribution in [2.75, 3.05) is 25.8 Å². The number of fused-ring (bicyclic) bond motifs is 1. The number of ether oxygens (including phenoxy) is 2. The van der Waals surface area contributed by atoms with Crippen LogP contribution in [0.2, 0.25) is 0 Å². The molecule has 2 aromatic carbocycles. The number of amides is 1. The summed E-state index contributed by atoms with van der Waals surface area (Å²) in [6, 6.07) is 15.0. The van der Waals surface area contributed by atoms with Crippen LogP contribution < -0.4 is 19.7 Å². The van der Waals surface area contributed by atoms with Gasteiger partial charge in [-0.25, -0.2) is 0 Å². The molecule has 1 heterocycles. The molecular weight excluding hydrogens is 330 g/mol. The Balaban J connectivity index is 1.66. The lowest BCUT2D eigenvalue weighted by Crippen LogP contribution is -2.23. The Morgan fingerprint density at radius 3 is 2.62 bits per heavy atom. The largest absolute Gasteiger partial charge is 0.454 e. The molecule has 1 aliphatic heterocycles. The van der Waals surface area contributed by atoms with E-state index in [1.165, 1.54) is 0 Å². The first-order valence-corrected chi connectivity index (χ1v) is 8.13. The van der Waals surface area contributed by atoms with E-state index in [-0.39, 0.29) is 12.4 Å². The zero-order chi connectivity index (χ0) is 18.5. The zero-order valence-electron chi connectivity index (χ0n) is 14.7. The second-order valence-corrected chi connectivity index (χ2v) is 6.03. The second-order valence-electron chi connectivity index (χ2n) is 6.03. The molecule has 26 heavy (non-hydrogen) atoms. The van der Waals surface area contributed by atoms with E-state index in [4.69, 9.17) is 9.47 Å². The highest BCUT2D eigenvalue weighted by atomic mass is 16.7. The predicted octanol–water partition coefficient (Wildman–Crippen LogP) is 2.70. The summed E-state index contributed by atoms with van der Waals surface area (Å²) >= 11 is 0. The summed E-state index contributed by atoms with van der Waals surface area (Å²) in [5.74, 6) is 0.939. The summed E-state index contributed by atoms with van der Waals surface area (Å²) < 4.78 is 10.6. The van der Waals surface area contributed by atoms with Crippen molar-refractivity contribution in [3.63, 3.8) is 0 Å². The fraction of sp³-hybridized carbons (Fsp3) is 0.200. The van der Waals surface area contributed by atoms with Crippen LogP contribution in [0.15, 0.2) is 48.0 Å². The van der Waals surface area contributed by atoms with Crippen molar-refractivity contribution in [1.29, 1.82) is 5.26 Å². The molecule has 2 aromatic rings. The van der Waals surface area contributed by atoms with Gasteiger partial charge in [0.2, 0.25) is 6.79 Å². The summed E-state index contributed by atoms with van der Waals surface area (Å²) in [6.45, 7) is 0.507. The Bertz CT molecular complexity index is 880. The molecule has 0 radical (unpaired) electrons. The average molecular weight is 349 g/mol. The Kier molecular flexibility index (Phi) is 5.09. The summed E-state index contributed by atoms with van der Waals surface area (Å²) in [5, 5.41) is 12.1. The highest BCUT2D eigenvalue weighted by Gasteiger charge is 2.14. The molecule has 0 aromatic heterocycles. The van der Waals surface area contributed by atoms with E-state index in [0.29, 0.717) is 18.0 Å². The lowest BCUT2D eigenvalue weighted by molar-refractivity contribution is -0.117. The Morgan fingerprint density at radius 2 is 1.92 bits per heavy atom. The molecule has 132 valence electrons. The molecule has 0 fully saturated rings. The number of nitriles is 1. The molecular formula is C20H19N3O3. The first-order chi connectivity index (χ1) is 12.6. The van der Waals surface area contributed by atoms with Crippen LogP contribution >= 0.6 is 0 Å². The third-order valence-corrected chi connectivity index (χ3v) is 3.98. The topological polar surface area (TPSA) is 74.6 Å². The van der Waals surface area contributed by atoms with Crippen LogP contribution in [0.25, 0.3) is 6.08 Å². The van der Waals surface area contributed by atoms with Gasteiger partial charge >= 0.3 is 0 Å². The third-order valence-electron chi connectivity index (χ3n) is 3.98. The van der Waals surface area contributed by atoms with Gasteiger partial charge in [-0.3, -0.25) is 4.79 Å². The van der Waals surface area contributed by atoms with Gasteiger partial charge in [-0.1, -0.05) is 18.2 Å². The molecule has 1 amide bonds. The molecule has 0 bridgehead atoms. The highest BCUT2D eigenvalue weighted by Crippen LogP contribution is 2.32. The molecule has 1 aliphatic rings. The molecule has 3 rings (SSSR count). The van der Waals surface area contributed by atoms with Crippen molar-refractivity contribution in [3.05, 3.63) is 59.2 Å². The van der Waals surface area contributed by atoms with Gasteiger partial charge in [-0.2, -0.15) is 5.26 Å². The first kappa shape index (κ1) is 17.4. The van der Waals surface area contributed by atoms with Crippen LogP contribution in [0.5, 0.6) is 11.5 Å². The number of nitrogens with zero attached hydrogens (tertiary/aromatic N) is 2. The van der Waals surface area contributed by atoms with E-state index in [1.54, 1.807) is 12.1 Å². The second kappa shape index (κ2) is 7.62. The van der Waals surface area contributed by atoms with Gasteiger partial charge in [-0.05, 0) is 41.5 Å². The van der Waals surface area contributed by atoms with Gasteiger partial charge < -0.3 is 19.7 Å². The van der Waals surface area contributed by atoms with E-state index in [1.807, 2.05) is 61.5 Å². The molecule has 0 spiro atoms. The normalized spacial score (nSPS) is 12.4. The van der Waals surface area contributed by atoms with Crippen molar-refractivity contribution in [3.8, 4) is 17.6 Å². The van der Waals surface area contributed by atoms with Crippen LogP contribution in [0, 0.1) is 11.3 Å². The minimum atomic E-state index is -0.415. The van der Waals surface area contributed by atoms with Crippen LogP contribution in [-0.2, 0) is 11.3 Å². The Hall–Kier alpha value is -3.46. The van der Waals surface area contributed by atoms with Crippen LogP contribution in [-0.4, -0.2) is 26.8 Å². The van der Waals surface area contributed by atoms with Crippen molar-refractivity contribution in [1.82, 2.24) is 5.32 Å². The fourth-order valence-corrected chi connectivity index (χ4v) is 2.51. The quantitative estimate of drug-likeness (QED) is 0.664. The maximum absolute atomic E-state index is 12.3. The molecule has 6 heteroatoms. The van der Waals surface area contributed by atoms with Gasteiger partial charge in [0.05, 0.1) is 0 Å². The van der Waals surface area contributed by atoms with E-state index in [2.05, 4.69) is 5.32 Å². The summed E-state index contributed by atoms with van der Waals surface area (Å²) in [6.07, 6.45) is 1.58. The van der Waals surface area contributed by atoms with Gasteiger partial charge in [0.25, 0.3) is 5.91 Å². The third kappa shape index (κ3) is 3.95. The van der Waals surface area contributed by atoms with Crippen molar-refractivity contribution >= 4 is 17.7 Å². The number of benzene rings is 2. The number of rotatable bonds is 5. The van der Waals surface area contributed by atoms with Crippen LogP contribution in [0.1, 0.15) is 11.1 Å². The minimum absolute atomic E-state index is 0.0587. The number of carbonyl (C=O) groups is 1. The molecule has 0 atom stereocenters. The lowest BCUT2D eigenvalue weighted by Gasteiger charge is -2.12. The van der Waals surface area contributed by atoms with Crippen molar-refractivity contribution in [2.24, 2.45) is 0 Å². The predicted molar refractivity (Wildman–Crippen MR) is 98.8 cm³/mol. The van der Waals surface area contributed by atoms with Crippen LogP contribution in [0.3, 0.4) is 0 Å². The number of hydrogen-bond acceptors (Lipinski definition) is 5. The maximum Gasteiger partial charge on any atom is 0.262 e. The van der Waals surface area contributed by atoms with Gasteiger partial charge in [0.15, 0.2) is 11.5 Å². The summed E-state index contributed by atoms with van der Waals surface area (Å²) in [4.78, 5) is 14.3. The SMILES string of the molecule is CN(C)c1ccc(/C=C(\C#N)C(=O)NCc2ccc3c(c2)OCO3)cc1. The van der Waals surface area contributed by atoms with Gasteiger partial charge in [-0.15, -0.1) is 0 Å². The minimum Gasteiger partial charge on any atom is -0.454 e. The van der Waals surface area contributed by atoms with E-state index >= 15 is 0 Å². The smallest absolute Gasteiger partial charge is 0.262 e. The molecule has 0 saturated heterocycles. The number of anilines is 1. The van der Waals surface area contributed by atoms with Crippen molar-refractivity contribution < 1.29 is 14.3 Å². The molecule has 6 nitrogen and oxygen atoms in total. The average Bonchev–Trinajstić information content (AvgIpc) is 3.12. The first-order valence-electron chi connectivity index (χ1n) is 8.13.